The molecule has 25 heavy (non-hydrogen) atoms. The van der Waals surface area contributed by atoms with E-state index in [1.54, 1.807) is 7.05 Å². The fourth-order valence-electron chi connectivity index (χ4n) is 3.15. The monoisotopic (exact) mass is 353 g/mol. The van der Waals surface area contributed by atoms with Gasteiger partial charge in [-0.15, -0.1) is 10.2 Å². The second kappa shape index (κ2) is 5.89. The number of carbonyl (C=O) groups is 1. The molecule has 3 heterocycles. The lowest BCUT2D eigenvalue weighted by Crippen LogP contribution is -2.21. The molecule has 0 aliphatic carbocycles. The van der Waals surface area contributed by atoms with E-state index < -0.39 is 0 Å². The fourth-order valence-corrected chi connectivity index (χ4v) is 3.36. The Balaban J connectivity index is 1.98. The van der Waals surface area contributed by atoms with E-state index in [9.17, 15) is 4.79 Å². The zero-order chi connectivity index (χ0) is 17.6. The number of pyridine rings is 1. The lowest BCUT2D eigenvalue weighted by Gasteiger charge is -2.10. The van der Waals surface area contributed by atoms with Gasteiger partial charge in [-0.1, -0.05) is 23.7 Å². The Morgan fingerprint density at radius 2 is 2.00 bits per heavy atom. The van der Waals surface area contributed by atoms with E-state index in [0.717, 1.165) is 28.1 Å². The van der Waals surface area contributed by atoms with Crippen molar-refractivity contribution >= 4 is 34.2 Å². The smallest absolute Gasteiger partial charge is 0.267 e. The lowest BCUT2D eigenvalue weighted by molar-refractivity contribution is 0.0955. The number of carbonyl (C=O) groups excluding carboxylic acids is 1. The van der Waals surface area contributed by atoms with Crippen LogP contribution in [0.2, 0.25) is 5.02 Å². The van der Waals surface area contributed by atoms with Crippen LogP contribution >= 0.6 is 11.6 Å². The van der Waals surface area contributed by atoms with Crippen LogP contribution in [0.1, 0.15) is 21.9 Å². The molecule has 4 aromatic rings. The lowest BCUT2D eigenvalue weighted by atomic mass is 10.2. The number of fused-ring (bicyclic) bond motifs is 3. The summed E-state index contributed by atoms with van der Waals surface area (Å²) in [6, 6.07) is 13.4. The molecule has 0 saturated heterocycles. The molecule has 0 fully saturated rings. The molecule has 0 spiro atoms. The van der Waals surface area contributed by atoms with Crippen molar-refractivity contribution in [3.63, 3.8) is 0 Å². The predicted octanol–water partition coefficient (Wildman–Crippen LogP) is 3.05. The van der Waals surface area contributed by atoms with Crippen molar-refractivity contribution in [3.8, 4) is 0 Å². The van der Waals surface area contributed by atoms with E-state index in [0.29, 0.717) is 17.3 Å². The Hall–Kier alpha value is -2.86. The van der Waals surface area contributed by atoms with Gasteiger partial charge in [-0.3, -0.25) is 9.20 Å². The third-order valence-corrected chi connectivity index (χ3v) is 4.52. The molecule has 0 aliphatic heterocycles. The highest BCUT2D eigenvalue weighted by Crippen LogP contribution is 2.24. The summed E-state index contributed by atoms with van der Waals surface area (Å²) in [6.07, 6.45) is 0. The van der Waals surface area contributed by atoms with Crippen LogP contribution in [-0.2, 0) is 6.54 Å². The van der Waals surface area contributed by atoms with Gasteiger partial charge in [0, 0.05) is 18.6 Å². The molecule has 1 aromatic carbocycles. The summed E-state index contributed by atoms with van der Waals surface area (Å²) >= 11 is 6.11. The van der Waals surface area contributed by atoms with Crippen molar-refractivity contribution in [3.05, 3.63) is 64.6 Å². The number of aromatic nitrogens is 4. The minimum Gasteiger partial charge on any atom is -0.354 e. The Kier molecular flexibility index (Phi) is 3.69. The number of nitrogens with one attached hydrogen (secondary N) is 1. The highest BCUT2D eigenvalue weighted by molar-refractivity contribution is 6.30. The van der Waals surface area contributed by atoms with E-state index in [1.807, 2.05) is 58.4 Å². The molecule has 0 saturated carbocycles. The minimum absolute atomic E-state index is 0.142. The molecular formula is C18H16ClN5O. The van der Waals surface area contributed by atoms with Gasteiger partial charge < -0.3 is 9.88 Å². The van der Waals surface area contributed by atoms with Gasteiger partial charge in [0.1, 0.15) is 11.5 Å². The van der Waals surface area contributed by atoms with Gasteiger partial charge in [0.25, 0.3) is 5.91 Å². The molecule has 1 N–H and O–H groups in total. The number of hydrogen-bond donors (Lipinski definition) is 1. The molecule has 0 bridgehead atoms. The topological polar surface area (TPSA) is 64.2 Å². The molecule has 0 radical (unpaired) electrons. The van der Waals surface area contributed by atoms with E-state index in [4.69, 9.17) is 11.6 Å². The summed E-state index contributed by atoms with van der Waals surface area (Å²) in [5.41, 5.74) is 4.21. The number of benzene rings is 1. The van der Waals surface area contributed by atoms with E-state index in [-0.39, 0.29) is 5.91 Å². The maximum Gasteiger partial charge on any atom is 0.267 e. The van der Waals surface area contributed by atoms with E-state index in [2.05, 4.69) is 15.5 Å². The normalized spacial score (nSPS) is 11.3. The molecule has 7 heteroatoms. The van der Waals surface area contributed by atoms with Gasteiger partial charge in [0.2, 0.25) is 0 Å². The van der Waals surface area contributed by atoms with Crippen LogP contribution in [0, 0.1) is 6.92 Å². The molecule has 126 valence electrons. The summed E-state index contributed by atoms with van der Waals surface area (Å²) < 4.78 is 3.94. The third-order valence-electron chi connectivity index (χ3n) is 4.29. The van der Waals surface area contributed by atoms with Crippen molar-refractivity contribution in [1.82, 2.24) is 24.5 Å². The van der Waals surface area contributed by atoms with Crippen molar-refractivity contribution < 1.29 is 4.79 Å². The molecule has 0 unspecified atom stereocenters. The van der Waals surface area contributed by atoms with Crippen LogP contribution in [0.15, 0.2) is 42.5 Å². The van der Waals surface area contributed by atoms with Gasteiger partial charge in [-0.25, -0.2) is 0 Å². The minimum atomic E-state index is -0.142. The SMILES string of the molecule is CNC(=O)c1cc2c(ccc3nnc(C)n32)n1Cc1cccc(Cl)c1. The average molecular weight is 354 g/mol. The summed E-state index contributed by atoms with van der Waals surface area (Å²) in [5, 5.41) is 11.7. The average Bonchev–Trinajstić information content (AvgIpc) is 3.15. The maximum atomic E-state index is 12.4. The molecule has 3 aromatic heterocycles. The Morgan fingerprint density at radius 1 is 1.16 bits per heavy atom. The maximum absolute atomic E-state index is 12.4. The number of aryl methyl sites for hydroxylation is 1. The number of nitrogens with zero attached hydrogens (tertiary/aromatic N) is 4. The first-order valence-corrected chi connectivity index (χ1v) is 8.27. The first kappa shape index (κ1) is 15.7. The standard InChI is InChI=1S/C18H16ClN5O/c1-11-21-22-17-7-6-14-15(24(11)17)9-16(18(25)20-2)23(14)10-12-4-3-5-13(19)8-12/h3-9H,10H2,1-2H3,(H,20,25). The van der Waals surface area contributed by atoms with Gasteiger partial charge >= 0.3 is 0 Å². The first-order valence-electron chi connectivity index (χ1n) is 7.89. The largest absolute Gasteiger partial charge is 0.354 e. The van der Waals surface area contributed by atoms with Crippen LogP contribution in [-0.4, -0.2) is 32.1 Å². The number of hydrogen-bond acceptors (Lipinski definition) is 3. The van der Waals surface area contributed by atoms with Crippen molar-refractivity contribution in [2.75, 3.05) is 7.05 Å². The van der Waals surface area contributed by atoms with E-state index in [1.165, 1.54) is 0 Å². The Morgan fingerprint density at radius 3 is 2.76 bits per heavy atom. The molecule has 1 amide bonds. The van der Waals surface area contributed by atoms with Crippen LogP contribution in [0.4, 0.5) is 0 Å². The molecular weight excluding hydrogens is 338 g/mol. The summed E-state index contributed by atoms with van der Waals surface area (Å²) in [4.78, 5) is 12.4. The van der Waals surface area contributed by atoms with Crippen LogP contribution in [0.3, 0.4) is 0 Å². The van der Waals surface area contributed by atoms with Crippen LogP contribution in [0.25, 0.3) is 16.7 Å². The highest BCUT2D eigenvalue weighted by Gasteiger charge is 2.18. The zero-order valence-corrected chi connectivity index (χ0v) is 14.6. The van der Waals surface area contributed by atoms with Gasteiger partial charge in [0.05, 0.1) is 11.0 Å². The third kappa shape index (κ3) is 2.55. The number of amides is 1. The summed E-state index contributed by atoms with van der Waals surface area (Å²) in [5.74, 6) is 0.640. The molecule has 0 atom stereocenters. The number of rotatable bonds is 3. The predicted molar refractivity (Wildman–Crippen MR) is 97.2 cm³/mol. The van der Waals surface area contributed by atoms with Crippen molar-refractivity contribution in [2.24, 2.45) is 0 Å². The van der Waals surface area contributed by atoms with Gasteiger partial charge in [-0.05, 0) is 42.8 Å². The number of halogens is 1. The van der Waals surface area contributed by atoms with E-state index >= 15 is 0 Å². The van der Waals surface area contributed by atoms with Crippen molar-refractivity contribution in [2.45, 2.75) is 13.5 Å². The van der Waals surface area contributed by atoms with Crippen LogP contribution < -0.4 is 5.32 Å². The molecule has 6 nitrogen and oxygen atoms in total. The molecule has 4 rings (SSSR count). The Labute approximate surface area is 149 Å². The zero-order valence-electron chi connectivity index (χ0n) is 13.8. The van der Waals surface area contributed by atoms with Crippen LogP contribution in [0.5, 0.6) is 0 Å². The fraction of sp³-hybridized carbons (Fsp3) is 0.167. The second-order valence-corrected chi connectivity index (χ2v) is 6.31. The van der Waals surface area contributed by atoms with Crippen molar-refractivity contribution in [1.29, 1.82) is 0 Å². The first-order chi connectivity index (χ1) is 12.1. The van der Waals surface area contributed by atoms with Gasteiger partial charge in [0.15, 0.2) is 5.65 Å². The second-order valence-electron chi connectivity index (χ2n) is 5.87. The Bertz CT molecular complexity index is 1110. The molecule has 0 aliphatic rings. The highest BCUT2D eigenvalue weighted by atomic mass is 35.5. The van der Waals surface area contributed by atoms with Gasteiger partial charge in [-0.2, -0.15) is 0 Å². The summed E-state index contributed by atoms with van der Waals surface area (Å²) in [6.45, 7) is 2.44. The quantitative estimate of drug-likeness (QED) is 0.615. The summed E-state index contributed by atoms with van der Waals surface area (Å²) in [7, 11) is 1.63.